The van der Waals surface area contributed by atoms with E-state index in [2.05, 4.69) is 15.2 Å². The SMILES string of the molecule is COc1cc(F)ccc1Oc1cc(Cl)c(Cl)cc1C(=O)Nc1cnn(COC(=O)C(O)CC(=O)O)c(=O)c1. The van der Waals surface area contributed by atoms with E-state index in [1.807, 2.05) is 0 Å². The summed E-state index contributed by atoms with van der Waals surface area (Å²) in [5, 5.41) is 24.3. The number of esters is 1. The maximum absolute atomic E-state index is 13.5. The molecule has 0 aliphatic carbocycles. The molecule has 0 saturated heterocycles. The van der Waals surface area contributed by atoms with Gasteiger partial charge in [-0.25, -0.2) is 9.18 Å². The van der Waals surface area contributed by atoms with Crippen molar-refractivity contribution in [3.8, 4) is 17.2 Å². The minimum Gasteiger partial charge on any atom is -0.493 e. The number of nitrogens with one attached hydrogen (secondary N) is 1. The van der Waals surface area contributed by atoms with Gasteiger partial charge in [-0.05, 0) is 18.2 Å². The molecule has 0 aliphatic rings. The summed E-state index contributed by atoms with van der Waals surface area (Å²) < 4.78 is 29.7. The first-order valence-corrected chi connectivity index (χ1v) is 11.2. The van der Waals surface area contributed by atoms with Gasteiger partial charge in [-0.1, -0.05) is 23.2 Å². The highest BCUT2D eigenvalue weighted by Crippen LogP contribution is 2.37. The number of aliphatic hydroxyl groups is 1. The predicted molar refractivity (Wildman–Crippen MR) is 130 cm³/mol. The smallest absolute Gasteiger partial charge is 0.337 e. The Bertz CT molecular complexity index is 1450. The van der Waals surface area contributed by atoms with Crippen molar-refractivity contribution >= 4 is 46.7 Å². The van der Waals surface area contributed by atoms with Gasteiger partial charge in [0, 0.05) is 18.2 Å². The Balaban J connectivity index is 1.78. The van der Waals surface area contributed by atoms with Crippen LogP contribution in [0.25, 0.3) is 0 Å². The third kappa shape index (κ3) is 7.18. The number of carboxylic acid groups (broad SMARTS) is 1. The minimum atomic E-state index is -1.92. The van der Waals surface area contributed by atoms with E-state index in [1.165, 1.54) is 25.3 Å². The van der Waals surface area contributed by atoms with E-state index in [4.69, 9.17) is 37.8 Å². The third-order valence-electron chi connectivity index (χ3n) is 4.71. The Morgan fingerprint density at radius 1 is 1.11 bits per heavy atom. The molecule has 3 rings (SSSR count). The first-order valence-electron chi connectivity index (χ1n) is 10.4. The molecule has 3 aromatic rings. The third-order valence-corrected chi connectivity index (χ3v) is 5.43. The van der Waals surface area contributed by atoms with Gasteiger partial charge in [0.25, 0.3) is 11.5 Å². The van der Waals surface area contributed by atoms with Gasteiger partial charge in [0.05, 0.1) is 41.0 Å². The lowest BCUT2D eigenvalue weighted by molar-refractivity contribution is -0.162. The average Bonchev–Trinajstić information content (AvgIpc) is 2.85. The molecular weight excluding hydrogens is 552 g/mol. The molecule has 1 aromatic heterocycles. The van der Waals surface area contributed by atoms with Crippen molar-refractivity contribution in [1.82, 2.24) is 9.78 Å². The highest BCUT2D eigenvalue weighted by Gasteiger charge is 2.21. The van der Waals surface area contributed by atoms with Gasteiger partial charge in [-0.3, -0.25) is 14.4 Å². The monoisotopic (exact) mass is 569 g/mol. The Morgan fingerprint density at radius 3 is 2.47 bits per heavy atom. The molecule has 1 unspecified atom stereocenters. The summed E-state index contributed by atoms with van der Waals surface area (Å²) in [5.41, 5.74) is -0.953. The zero-order valence-corrected chi connectivity index (χ0v) is 20.8. The number of carbonyl (C=O) groups is 3. The van der Waals surface area contributed by atoms with Crippen molar-refractivity contribution < 1.29 is 43.2 Å². The summed E-state index contributed by atoms with van der Waals surface area (Å²) in [4.78, 5) is 47.5. The van der Waals surface area contributed by atoms with Crippen LogP contribution in [0.3, 0.4) is 0 Å². The van der Waals surface area contributed by atoms with Gasteiger partial charge < -0.3 is 29.7 Å². The van der Waals surface area contributed by atoms with Gasteiger partial charge in [-0.15, -0.1) is 0 Å². The highest BCUT2D eigenvalue weighted by atomic mass is 35.5. The fraction of sp³-hybridized carbons (Fsp3) is 0.174. The van der Waals surface area contributed by atoms with Crippen LogP contribution in [0.4, 0.5) is 10.1 Å². The number of carboxylic acids is 1. The molecule has 3 N–H and O–H groups in total. The van der Waals surface area contributed by atoms with Crippen LogP contribution >= 0.6 is 23.2 Å². The van der Waals surface area contributed by atoms with E-state index in [9.17, 15) is 28.7 Å². The molecule has 200 valence electrons. The summed E-state index contributed by atoms with van der Waals surface area (Å²) in [6.45, 7) is -0.715. The van der Waals surface area contributed by atoms with Crippen LogP contribution in [0.5, 0.6) is 17.2 Å². The zero-order valence-electron chi connectivity index (χ0n) is 19.3. The molecule has 0 fully saturated rings. The normalized spacial score (nSPS) is 11.4. The lowest BCUT2D eigenvalue weighted by Crippen LogP contribution is -2.30. The molecule has 12 nitrogen and oxygen atoms in total. The van der Waals surface area contributed by atoms with Crippen molar-refractivity contribution in [2.75, 3.05) is 12.4 Å². The topological polar surface area (TPSA) is 166 Å². The maximum atomic E-state index is 13.5. The van der Waals surface area contributed by atoms with Crippen molar-refractivity contribution in [3.63, 3.8) is 0 Å². The number of aromatic nitrogens is 2. The summed E-state index contributed by atoms with van der Waals surface area (Å²) in [6.07, 6.45) is -1.72. The van der Waals surface area contributed by atoms with Gasteiger partial charge in [0.1, 0.15) is 11.6 Å². The number of hydrogen-bond acceptors (Lipinski definition) is 9. The molecule has 2 aromatic carbocycles. The number of hydrogen-bond donors (Lipinski definition) is 3. The Morgan fingerprint density at radius 2 is 1.82 bits per heavy atom. The van der Waals surface area contributed by atoms with Crippen LogP contribution in [0.15, 0.2) is 47.4 Å². The first-order chi connectivity index (χ1) is 18.0. The number of amides is 1. The maximum Gasteiger partial charge on any atom is 0.337 e. The predicted octanol–water partition coefficient (Wildman–Crippen LogP) is 3.08. The Kier molecular flexibility index (Phi) is 9.23. The Labute approximate surface area is 223 Å². The fourth-order valence-electron chi connectivity index (χ4n) is 2.90. The number of nitrogens with zero attached hydrogens (tertiary/aromatic N) is 2. The van der Waals surface area contributed by atoms with Crippen LogP contribution in [0.1, 0.15) is 16.8 Å². The molecule has 1 atom stereocenters. The number of carbonyl (C=O) groups excluding carboxylic acids is 2. The largest absolute Gasteiger partial charge is 0.493 e. The molecule has 0 bridgehead atoms. The number of anilines is 1. The number of ether oxygens (including phenoxy) is 3. The van der Waals surface area contributed by atoms with Crippen molar-refractivity contribution in [3.05, 3.63) is 74.4 Å². The van der Waals surface area contributed by atoms with Crippen LogP contribution in [-0.4, -0.2) is 51.1 Å². The summed E-state index contributed by atoms with van der Waals surface area (Å²) in [7, 11) is 1.30. The molecular formula is C23H18Cl2FN3O9. The molecule has 0 spiro atoms. The molecule has 0 aliphatic heterocycles. The molecule has 15 heteroatoms. The van der Waals surface area contributed by atoms with Crippen LogP contribution < -0.4 is 20.3 Å². The van der Waals surface area contributed by atoms with Gasteiger partial charge in [-0.2, -0.15) is 9.78 Å². The summed E-state index contributed by atoms with van der Waals surface area (Å²) >= 11 is 12.2. The van der Waals surface area contributed by atoms with Crippen LogP contribution in [-0.2, 0) is 21.1 Å². The number of methoxy groups -OCH3 is 1. The second-order valence-electron chi connectivity index (χ2n) is 7.40. The average molecular weight is 570 g/mol. The van der Waals surface area contributed by atoms with Crippen LogP contribution in [0.2, 0.25) is 10.0 Å². The van der Waals surface area contributed by atoms with Crippen molar-refractivity contribution in [2.45, 2.75) is 19.3 Å². The van der Waals surface area contributed by atoms with E-state index in [0.29, 0.717) is 4.68 Å². The number of halogens is 3. The lowest BCUT2D eigenvalue weighted by Gasteiger charge is -2.15. The van der Waals surface area contributed by atoms with Crippen molar-refractivity contribution in [1.29, 1.82) is 0 Å². The van der Waals surface area contributed by atoms with Crippen LogP contribution in [0, 0.1) is 5.82 Å². The number of rotatable bonds is 10. The molecule has 38 heavy (non-hydrogen) atoms. The molecule has 1 amide bonds. The number of aliphatic hydroxyl groups excluding tert-OH is 1. The minimum absolute atomic E-state index is 0.0238. The van der Waals surface area contributed by atoms with E-state index < -0.39 is 48.5 Å². The number of benzene rings is 2. The van der Waals surface area contributed by atoms with E-state index in [0.717, 1.165) is 24.4 Å². The quantitative estimate of drug-likeness (QED) is 0.308. The first kappa shape index (κ1) is 28.4. The fourth-order valence-corrected chi connectivity index (χ4v) is 3.22. The second kappa shape index (κ2) is 12.4. The lowest BCUT2D eigenvalue weighted by atomic mass is 10.1. The van der Waals surface area contributed by atoms with E-state index in [1.54, 1.807) is 0 Å². The Hall–Kier alpha value is -4.20. The zero-order chi connectivity index (χ0) is 28.0. The van der Waals surface area contributed by atoms with E-state index in [-0.39, 0.29) is 38.5 Å². The summed E-state index contributed by atoms with van der Waals surface area (Å²) in [5.74, 6) is -3.97. The van der Waals surface area contributed by atoms with Gasteiger partial charge in [0.15, 0.2) is 24.3 Å². The van der Waals surface area contributed by atoms with Crippen molar-refractivity contribution in [2.24, 2.45) is 0 Å². The highest BCUT2D eigenvalue weighted by molar-refractivity contribution is 6.42. The van der Waals surface area contributed by atoms with E-state index >= 15 is 0 Å². The second-order valence-corrected chi connectivity index (χ2v) is 8.22. The summed E-state index contributed by atoms with van der Waals surface area (Å²) in [6, 6.07) is 6.95. The standard InChI is InChI=1S/C23H18Cl2FN3O9/c1-36-19-4-11(26)2-3-17(19)38-18-7-15(25)14(24)6-13(18)22(34)28-12-5-20(31)29(27-9-12)10-37-23(35)16(30)8-21(32)33/h2-7,9,16,30H,8,10H2,1H3,(H,28,34)(H,32,33). The van der Waals surface area contributed by atoms with Gasteiger partial charge in [0.2, 0.25) is 0 Å². The molecule has 1 heterocycles. The molecule has 0 radical (unpaired) electrons. The van der Waals surface area contributed by atoms with Gasteiger partial charge >= 0.3 is 11.9 Å². The number of aliphatic carboxylic acids is 1. The molecule has 0 saturated carbocycles.